The lowest BCUT2D eigenvalue weighted by Gasteiger charge is -2.19. The van der Waals surface area contributed by atoms with Gasteiger partial charge in [-0.05, 0) is 53.9 Å². The summed E-state index contributed by atoms with van der Waals surface area (Å²) in [5.74, 6) is 0.695. The Labute approximate surface area is 99.0 Å². The fraction of sp³-hybridized carbons (Fsp3) is 0.636. The van der Waals surface area contributed by atoms with E-state index in [9.17, 15) is 0 Å². The Bertz CT molecular complexity index is 272. The molecular weight excluding hydrogens is 258 g/mol. The van der Waals surface area contributed by atoms with Crippen molar-refractivity contribution in [3.63, 3.8) is 0 Å². The van der Waals surface area contributed by atoms with Crippen LogP contribution in [0.25, 0.3) is 0 Å². The van der Waals surface area contributed by atoms with Crippen LogP contribution >= 0.6 is 27.3 Å². The van der Waals surface area contributed by atoms with Gasteiger partial charge in [-0.25, -0.2) is 0 Å². The van der Waals surface area contributed by atoms with Crippen molar-refractivity contribution in [1.82, 2.24) is 5.32 Å². The van der Waals surface area contributed by atoms with Gasteiger partial charge in [0.05, 0.1) is 3.79 Å². The molecule has 1 rings (SSSR count). The molecule has 0 fully saturated rings. The van der Waals surface area contributed by atoms with Crippen LogP contribution < -0.4 is 5.32 Å². The van der Waals surface area contributed by atoms with Gasteiger partial charge in [-0.1, -0.05) is 13.8 Å². The quantitative estimate of drug-likeness (QED) is 0.865. The van der Waals surface area contributed by atoms with Crippen molar-refractivity contribution in [3.8, 4) is 0 Å². The van der Waals surface area contributed by atoms with Crippen LogP contribution in [0, 0.1) is 5.92 Å². The highest BCUT2D eigenvalue weighted by molar-refractivity contribution is 9.11. The second kappa shape index (κ2) is 5.89. The Morgan fingerprint density at radius 2 is 2.14 bits per heavy atom. The number of nitrogens with one attached hydrogen (secondary N) is 1. The van der Waals surface area contributed by atoms with Gasteiger partial charge in [0, 0.05) is 10.9 Å². The molecule has 1 aromatic heterocycles. The molecule has 0 aliphatic rings. The van der Waals surface area contributed by atoms with Crippen LogP contribution in [-0.2, 0) is 6.42 Å². The predicted molar refractivity (Wildman–Crippen MR) is 68.0 cm³/mol. The summed E-state index contributed by atoms with van der Waals surface area (Å²) in [6, 6.07) is 4.94. The Morgan fingerprint density at radius 1 is 1.43 bits per heavy atom. The third-order valence-corrected chi connectivity index (χ3v) is 4.18. The van der Waals surface area contributed by atoms with Gasteiger partial charge in [-0.2, -0.15) is 0 Å². The first-order valence-corrected chi connectivity index (χ1v) is 6.72. The van der Waals surface area contributed by atoms with E-state index in [0.717, 1.165) is 6.54 Å². The van der Waals surface area contributed by atoms with E-state index in [0.29, 0.717) is 12.0 Å². The first-order valence-electron chi connectivity index (χ1n) is 5.11. The molecule has 0 radical (unpaired) electrons. The summed E-state index contributed by atoms with van der Waals surface area (Å²) in [7, 11) is 0. The van der Waals surface area contributed by atoms with Gasteiger partial charge in [0.2, 0.25) is 0 Å². The van der Waals surface area contributed by atoms with Crippen LogP contribution in [0.15, 0.2) is 15.9 Å². The summed E-state index contributed by atoms with van der Waals surface area (Å²) in [6.07, 6.45) is 1.17. The molecular formula is C11H18BrNS. The molecule has 2 unspecified atom stereocenters. The number of thiophene rings is 1. The third-order valence-electron chi connectivity index (χ3n) is 2.53. The molecule has 1 heterocycles. The molecule has 1 aromatic rings. The highest BCUT2D eigenvalue weighted by atomic mass is 79.9. The zero-order chi connectivity index (χ0) is 10.6. The van der Waals surface area contributed by atoms with Crippen molar-refractivity contribution in [2.45, 2.75) is 33.2 Å². The largest absolute Gasteiger partial charge is 0.314 e. The van der Waals surface area contributed by atoms with E-state index in [4.69, 9.17) is 0 Å². The van der Waals surface area contributed by atoms with Crippen molar-refractivity contribution >= 4 is 27.3 Å². The summed E-state index contributed by atoms with van der Waals surface area (Å²) >= 11 is 5.33. The first-order chi connectivity index (χ1) is 6.63. The minimum absolute atomic E-state index is 0.598. The predicted octanol–water partition coefficient (Wildman–Crippen LogP) is 3.69. The average molecular weight is 276 g/mol. The standard InChI is InChI=1S/C11H18BrNS/c1-4-13-9(3)8(2)7-10-5-6-11(12)14-10/h5-6,8-9,13H,4,7H2,1-3H3. The zero-order valence-electron chi connectivity index (χ0n) is 9.01. The maximum absolute atomic E-state index is 3.49. The molecule has 0 aliphatic heterocycles. The molecule has 1 N–H and O–H groups in total. The molecule has 14 heavy (non-hydrogen) atoms. The van der Waals surface area contributed by atoms with Crippen LogP contribution in [0.3, 0.4) is 0 Å². The molecule has 0 amide bonds. The number of rotatable bonds is 5. The third kappa shape index (κ3) is 3.71. The molecule has 2 atom stereocenters. The van der Waals surface area contributed by atoms with Crippen molar-refractivity contribution in [2.75, 3.05) is 6.54 Å². The van der Waals surface area contributed by atoms with E-state index < -0.39 is 0 Å². The van der Waals surface area contributed by atoms with E-state index in [-0.39, 0.29) is 0 Å². The Balaban J connectivity index is 2.43. The van der Waals surface area contributed by atoms with Crippen LogP contribution in [0.5, 0.6) is 0 Å². The number of hydrogen-bond donors (Lipinski definition) is 1. The Kier molecular flexibility index (Phi) is 5.13. The topological polar surface area (TPSA) is 12.0 Å². The number of hydrogen-bond acceptors (Lipinski definition) is 2. The fourth-order valence-corrected chi connectivity index (χ4v) is 3.10. The molecule has 1 nitrogen and oxygen atoms in total. The van der Waals surface area contributed by atoms with Gasteiger partial charge in [-0.15, -0.1) is 11.3 Å². The van der Waals surface area contributed by atoms with Gasteiger partial charge >= 0.3 is 0 Å². The second-order valence-corrected chi connectivity index (χ2v) is 6.28. The van der Waals surface area contributed by atoms with Crippen LogP contribution in [0.4, 0.5) is 0 Å². The summed E-state index contributed by atoms with van der Waals surface area (Å²) < 4.78 is 1.23. The summed E-state index contributed by atoms with van der Waals surface area (Å²) in [5.41, 5.74) is 0. The van der Waals surface area contributed by atoms with Crippen molar-refractivity contribution in [1.29, 1.82) is 0 Å². The van der Waals surface area contributed by atoms with Crippen molar-refractivity contribution in [3.05, 3.63) is 20.8 Å². The van der Waals surface area contributed by atoms with Gasteiger partial charge in [0.25, 0.3) is 0 Å². The lowest BCUT2D eigenvalue weighted by Crippen LogP contribution is -2.32. The summed E-state index contributed by atoms with van der Waals surface area (Å²) in [5, 5.41) is 3.47. The van der Waals surface area contributed by atoms with Gasteiger partial charge in [0.1, 0.15) is 0 Å². The van der Waals surface area contributed by atoms with Crippen molar-refractivity contribution in [2.24, 2.45) is 5.92 Å². The minimum atomic E-state index is 0.598. The molecule has 0 saturated carbocycles. The maximum atomic E-state index is 3.49. The molecule has 0 bridgehead atoms. The van der Waals surface area contributed by atoms with E-state index >= 15 is 0 Å². The van der Waals surface area contributed by atoms with E-state index in [1.165, 1.54) is 15.1 Å². The minimum Gasteiger partial charge on any atom is -0.314 e. The zero-order valence-corrected chi connectivity index (χ0v) is 11.4. The number of halogens is 1. The van der Waals surface area contributed by atoms with Crippen LogP contribution in [0.1, 0.15) is 25.6 Å². The van der Waals surface area contributed by atoms with E-state index in [2.05, 4.69) is 54.2 Å². The van der Waals surface area contributed by atoms with E-state index in [1.807, 2.05) is 11.3 Å². The lowest BCUT2D eigenvalue weighted by molar-refractivity contribution is 0.408. The molecule has 0 aromatic carbocycles. The molecule has 0 saturated heterocycles. The van der Waals surface area contributed by atoms with Gasteiger partial charge in [0.15, 0.2) is 0 Å². The molecule has 0 aliphatic carbocycles. The maximum Gasteiger partial charge on any atom is 0.0701 e. The van der Waals surface area contributed by atoms with Crippen LogP contribution in [-0.4, -0.2) is 12.6 Å². The normalized spacial score (nSPS) is 15.4. The van der Waals surface area contributed by atoms with E-state index in [1.54, 1.807) is 0 Å². The highest BCUT2D eigenvalue weighted by Gasteiger charge is 2.12. The molecule has 80 valence electrons. The SMILES string of the molecule is CCNC(C)C(C)Cc1ccc(Br)s1. The molecule has 0 spiro atoms. The Hall–Kier alpha value is 0.140. The average Bonchev–Trinajstić information content (AvgIpc) is 2.51. The molecule has 3 heteroatoms. The van der Waals surface area contributed by atoms with Crippen molar-refractivity contribution < 1.29 is 0 Å². The van der Waals surface area contributed by atoms with Gasteiger partial charge in [-0.3, -0.25) is 0 Å². The first kappa shape index (κ1) is 12.2. The van der Waals surface area contributed by atoms with Gasteiger partial charge < -0.3 is 5.32 Å². The second-order valence-electron chi connectivity index (χ2n) is 3.73. The monoisotopic (exact) mass is 275 g/mol. The Morgan fingerprint density at radius 3 is 2.64 bits per heavy atom. The highest BCUT2D eigenvalue weighted by Crippen LogP contribution is 2.25. The summed E-state index contributed by atoms with van der Waals surface area (Å²) in [4.78, 5) is 1.47. The fourth-order valence-electron chi connectivity index (χ4n) is 1.48. The smallest absolute Gasteiger partial charge is 0.0701 e. The summed E-state index contributed by atoms with van der Waals surface area (Å²) in [6.45, 7) is 7.78. The van der Waals surface area contributed by atoms with Crippen LogP contribution in [0.2, 0.25) is 0 Å². The lowest BCUT2D eigenvalue weighted by atomic mass is 9.99.